The fourth-order valence-electron chi connectivity index (χ4n) is 1.98. The minimum atomic E-state index is 0.521. The van der Waals surface area contributed by atoms with E-state index in [1.54, 1.807) is 11.3 Å². The van der Waals surface area contributed by atoms with Crippen LogP contribution in [0.4, 0.5) is 0 Å². The van der Waals surface area contributed by atoms with Crippen LogP contribution in [0.2, 0.25) is 0 Å². The lowest BCUT2D eigenvalue weighted by Gasteiger charge is -2.07. The van der Waals surface area contributed by atoms with Crippen LogP contribution in [0.25, 0.3) is 11.3 Å². The second kappa shape index (κ2) is 7.41. The van der Waals surface area contributed by atoms with Crippen LogP contribution < -0.4 is 10.1 Å². The van der Waals surface area contributed by atoms with Gasteiger partial charge in [-0.1, -0.05) is 26.0 Å². The summed E-state index contributed by atoms with van der Waals surface area (Å²) in [5.74, 6) is 0.909. The van der Waals surface area contributed by atoms with E-state index in [9.17, 15) is 0 Å². The standard InChI is InChI=1S/C16H22N2OS/c1-4-19-15-8-6-5-7-13(15)14-11-20-16(18-14)9-10-17-12(2)3/h5-8,11-12,17H,4,9-10H2,1-3H3. The fraction of sp³-hybridized carbons (Fsp3) is 0.438. The number of rotatable bonds is 7. The molecule has 108 valence electrons. The molecule has 1 aromatic carbocycles. The summed E-state index contributed by atoms with van der Waals surface area (Å²) in [6, 6.07) is 8.60. The first-order valence-electron chi connectivity index (χ1n) is 7.10. The summed E-state index contributed by atoms with van der Waals surface area (Å²) < 4.78 is 5.67. The average molecular weight is 290 g/mol. The molecular formula is C16H22N2OS. The van der Waals surface area contributed by atoms with Gasteiger partial charge in [-0.3, -0.25) is 0 Å². The maximum atomic E-state index is 5.67. The average Bonchev–Trinajstić information content (AvgIpc) is 2.88. The van der Waals surface area contributed by atoms with Crippen LogP contribution in [0.15, 0.2) is 29.6 Å². The van der Waals surface area contributed by atoms with Gasteiger partial charge in [0.25, 0.3) is 0 Å². The number of hydrogen-bond acceptors (Lipinski definition) is 4. The minimum absolute atomic E-state index is 0.521. The molecule has 2 rings (SSSR count). The molecule has 0 atom stereocenters. The first-order valence-corrected chi connectivity index (χ1v) is 7.98. The van der Waals surface area contributed by atoms with E-state index in [1.807, 2.05) is 25.1 Å². The highest BCUT2D eigenvalue weighted by Gasteiger charge is 2.09. The third-order valence-corrected chi connectivity index (χ3v) is 3.81. The molecule has 0 aliphatic carbocycles. The molecule has 0 amide bonds. The zero-order chi connectivity index (χ0) is 14.4. The van der Waals surface area contributed by atoms with Crippen molar-refractivity contribution >= 4 is 11.3 Å². The summed E-state index contributed by atoms with van der Waals surface area (Å²) in [6.45, 7) is 7.96. The topological polar surface area (TPSA) is 34.1 Å². The van der Waals surface area contributed by atoms with Crippen LogP contribution in [0.1, 0.15) is 25.8 Å². The molecule has 0 spiro atoms. The van der Waals surface area contributed by atoms with E-state index in [0.29, 0.717) is 12.6 Å². The smallest absolute Gasteiger partial charge is 0.128 e. The number of benzene rings is 1. The molecule has 0 fully saturated rings. The SMILES string of the molecule is CCOc1ccccc1-c1csc(CCNC(C)C)n1. The maximum Gasteiger partial charge on any atom is 0.128 e. The Morgan fingerprint density at radius 2 is 2.10 bits per heavy atom. The van der Waals surface area contributed by atoms with Crippen molar-refractivity contribution < 1.29 is 4.74 Å². The Hall–Kier alpha value is -1.39. The lowest BCUT2D eigenvalue weighted by atomic mass is 10.1. The number of para-hydroxylation sites is 1. The van der Waals surface area contributed by atoms with E-state index in [1.165, 1.54) is 5.01 Å². The number of aromatic nitrogens is 1. The summed E-state index contributed by atoms with van der Waals surface area (Å²) in [5, 5.41) is 6.70. The number of hydrogen-bond donors (Lipinski definition) is 1. The predicted octanol–water partition coefficient (Wildman–Crippen LogP) is 3.75. The van der Waals surface area contributed by atoms with Gasteiger partial charge in [0.15, 0.2) is 0 Å². The molecular weight excluding hydrogens is 268 g/mol. The van der Waals surface area contributed by atoms with Crippen molar-refractivity contribution in [1.82, 2.24) is 10.3 Å². The zero-order valence-corrected chi connectivity index (χ0v) is 13.2. The van der Waals surface area contributed by atoms with Gasteiger partial charge in [0.1, 0.15) is 5.75 Å². The van der Waals surface area contributed by atoms with Crippen molar-refractivity contribution in [3.8, 4) is 17.0 Å². The molecule has 0 aliphatic rings. The number of nitrogens with one attached hydrogen (secondary N) is 1. The summed E-state index contributed by atoms with van der Waals surface area (Å²) in [5.41, 5.74) is 2.09. The van der Waals surface area contributed by atoms with E-state index in [2.05, 4.69) is 30.6 Å². The second-order valence-electron chi connectivity index (χ2n) is 4.91. The van der Waals surface area contributed by atoms with E-state index >= 15 is 0 Å². The van der Waals surface area contributed by atoms with Crippen LogP contribution >= 0.6 is 11.3 Å². The fourth-order valence-corrected chi connectivity index (χ4v) is 2.78. The van der Waals surface area contributed by atoms with E-state index in [0.717, 1.165) is 30.0 Å². The van der Waals surface area contributed by atoms with Gasteiger partial charge < -0.3 is 10.1 Å². The van der Waals surface area contributed by atoms with Gasteiger partial charge in [-0.2, -0.15) is 0 Å². The summed E-state index contributed by atoms with van der Waals surface area (Å²) in [6.07, 6.45) is 0.972. The Bertz CT molecular complexity index is 537. The van der Waals surface area contributed by atoms with Crippen LogP contribution in [-0.4, -0.2) is 24.2 Å². The number of thiazole rings is 1. The quantitative estimate of drug-likeness (QED) is 0.843. The van der Waals surface area contributed by atoms with Crippen molar-refractivity contribution in [2.45, 2.75) is 33.2 Å². The van der Waals surface area contributed by atoms with Crippen molar-refractivity contribution in [2.24, 2.45) is 0 Å². The summed E-state index contributed by atoms with van der Waals surface area (Å²) in [7, 11) is 0. The second-order valence-corrected chi connectivity index (χ2v) is 5.86. The van der Waals surface area contributed by atoms with Crippen molar-refractivity contribution in [3.05, 3.63) is 34.7 Å². The monoisotopic (exact) mass is 290 g/mol. The third kappa shape index (κ3) is 4.05. The molecule has 1 heterocycles. The van der Waals surface area contributed by atoms with Gasteiger partial charge in [-0.25, -0.2) is 4.98 Å². The Morgan fingerprint density at radius 3 is 2.85 bits per heavy atom. The normalized spacial score (nSPS) is 11.0. The van der Waals surface area contributed by atoms with Crippen LogP contribution in [0.3, 0.4) is 0 Å². The van der Waals surface area contributed by atoms with Gasteiger partial charge in [0.2, 0.25) is 0 Å². The third-order valence-electron chi connectivity index (χ3n) is 2.91. The zero-order valence-electron chi connectivity index (χ0n) is 12.3. The van der Waals surface area contributed by atoms with Gasteiger partial charge in [0.05, 0.1) is 17.3 Å². The molecule has 0 saturated carbocycles. The molecule has 0 radical (unpaired) electrons. The first kappa shape index (κ1) is 15.0. The van der Waals surface area contributed by atoms with Gasteiger partial charge >= 0.3 is 0 Å². The Balaban J connectivity index is 2.08. The van der Waals surface area contributed by atoms with E-state index < -0.39 is 0 Å². The molecule has 2 aromatic rings. The van der Waals surface area contributed by atoms with Crippen LogP contribution in [0, 0.1) is 0 Å². The van der Waals surface area contributed by atoms with Gasteiger partial charge in [-0.05, 0) is 19.1 Å². The highest BCUT2D eigenvalue weighted by Crippen LogP contribution is 2.30. The summed E-state index contributed by atoms with van der Waals surface area (Å²) in [4.78, 5) is 4.72. The molecule has 0 aliphatic heterocycles. The Morgan fingerprint density at radius 1 is 1.30 bits per heavy atom. The molecule has 3 nitrogen and oxygen atoms in total. The molecule has 20 heavy (non-hydrogen) atoms. The van der Waals surface area contributed by atoms with Crippen molar-refractivity contribution in [1.29, 1.82) is 0 Å². The lowest BCUT2D eigenvalue weighted by molar-refractivity contribution is 0.341. The summed E-state index contributed by atoms with van der Waals surface area (Å²) >= 11 is 1.72. The Labute approximate surface area is 125 Å². The first-order chi connectivity index (χ1) is 9.70. The lowest BCUT2D eigenvalue weighted by Crippen LogP contribution is -2.24. The molecule has 0 saturated heterocycles. The molecule has 0 bridgehead atoms. The molecule has 1 aromatic heterocycles. The van der Waals surface area contributed by atoms with Gasteiger partial charge in [-0.15, -0.1) is 11.3 Å². The molecule has 4 heteroatoms. The van der Waals surface area contributed by atoms with Gasteiger partial charge in [0, 0.05) is 30.0 Å². The van der Waals surface area contributed by atoms with Crippen LogP contribution in [0.5, 0.6) is 5.75 Å². The highest BCUT2D eigenvalue weighted by molar-refractivity contribution is 7.09. The minimum Gasteiger partial charge on any atom is -0.493 e. The Kier molecular flexibility index (Phi) is 5.56. The maximum absolute atomic E-state index is 5.67. The molecule has 0 unspecified atom stereocenters. The largest absolute Gasteiger partial charge is 0.493 e. The van der Waals surface area contributed by atoms with E-state index in [4.69, 9.17) is 9.72 Å². The molecule has 1 N–H and O–H groups in total. The van der Waals surface area contributed by atoms with Crippen molar-refractivity contribution in [3.63, 3.8) is 0 Å². The number of ether oxygens (including phenoxy) is 1. The number of nitrogens with zero attached hydrogens (tertiary/aromatic N) is 1. The predicted molar refractivity (Wildman–Crippen MR) is 85.6 cm³/mol. The van der Waals surface area contributed by atoms with Crippen LogP contribution in [-0.2, 0) is 6.42 Å². The van der Waals surface area contributed by atoms with Crippen molar-refractivity contribution in [2.75, 3.05) is 13.2 Å². The van der Waals surface area contributed by atoms with E-state index in [-0.39, 0.29) is 0 Å². The highest BCUT2D eigenvalue weighted by atomic mass is 32.1.